The first-order valence-electron chi connectivity index (χ1n) is 4.65. The molecule has 0 saturated heterocycles. The molecule has 1 rings (SSSR count). The van der Waals surface area contributed by atoms with Gasteiger partial charge in [0.2, 0.25) is 0 Å². The number of benzene rings is 1. The minimum absolute atomic E-state index is 0.519. The van der Waals surface area contributed by atoms with Gasteiger partial charge in [-0.15, -0.1) is 6.58 Å². The van der Waals surface area contributed by atoms with Gasteiger partial charge in [-0.1, -0.05) is 41.5 Å². The minimum Gasteiger partial charge on any atom is -0.481 e. The maximum atomic E-state index is 11.0. The van der Waals surface area contributed by atoms with Crippen LogP contribution >= 0.6 is 0 Å². The van der Waals surface area contributed by atoms with Gasteiger partial charge in [0, 0.05) is 10.8 Å². The van der Waals surface area contributed by atoms with Crippen molar-refractivity contribution in [3.63, 3.8) is 0 Å². The Hall–Kier alpha value is -2.26. The number of nitrogens with zero attached hydrogens (tertiary/aromatic N) is 3. The molecule has 2 unspecified atom stereocenters. The fourth-order valence-electron chi connectivity index (χ4n) is 1.45. The van der Waals surface area contributed by atoms with Crippen LogP contribution in [0.3, 0.4) is 0 Å². The molecule has 0 saturated carbocycles. The van der Waals surface area contributed by atoms with Crippen LogP contribution in [0.1, 0.15) is 11.5 Å². The number of rotatable bonds is 5. The second-order valence-corrected chi connectivity index (χ2v) is 3.16. The quantitative estimate of drug-likeness (QED) is 0.356. The molecule has 0 fully saturated rings. The highest BCUT2D eigenvalue weighted by molar-refractivity contribution is 5.75. The van der Waals surface area contributed by atoms with Crippen LogP contribution in [-0.4, -0.2) is 17.1 Å². The molecule has 0 bridgehead atoms. The van der Waals surface area contributed by atoms with Crippen LogP contribution in [0.4, 0.5) is 0 Å². The Bertz CT molecular complexity index is 422. The molecule has 0 amide bonds. The summed E-state index contributed by atoms with van der Waals surface area (Å²) < 4.78 is 0. The molecule has 1 N–H and O–H groups in total. The Morgan fingerprint density at radius 2 is 2.12 bits per heavy atom. The van der Waals surface area contributed by atoms with Gasteiger partial charge >= 0.3 is 5.97 Å². The number of hydrogen-bond acceptors (Lipinski definition) is 2. The molecule has 0 heterocycles. The number of azide groups is 1. The van der Waals surface area contributed by atoms with Crippen molar-refractivity contribution < 1.29 is 9.90 Å². The topological polar surface area (TPSA) is 86.1 Å². The first kappa shape index (κ1) is 11.8. The van der Waals surface area contributed by atoms with Gasteiger partial charge in [0.05, 0.1) is 0 Å². The summed E-state index contributed by atoms with van der Waals surface area (Å²) in [6.07, 6.45) is 1.48. The number of carboxylic acid groups (broad SMARTS) is 1. The molecule has 0 aliphatic rings. The van der Waals surface area contributed by atoms with Crippen molar-refractivity contribution in [1.29, 1.82) is 0 Å². The lowest BCUT2D eigenvalue weighted by Gasteiger charge is -2.16. The molecule has 5 nitrogen and oxygen atoms in total. The molecule has 16 heavy (non-hydrogen) atoms. The third kappa shape index (κ3) is 2.62. The van der Waals surface area contributed by atoms with Crippen LogP contribution in [0.25, 0.3) is 10.4 Å². The van der Waals surface area contributed by atoms with Crippen molar-refractivity contribution in [2.45, 2.75) is 12.0 Å². The van der Waals surface area contributed by atoms with Crippen LogP contribution in [0.5, 0.6) is 0 Å². The van der Waals surface area contributed by atoms with Gasteiger partial charge in [-0.3, -0.25) is 4.79 Å². The van der Waals surface area contributed by atoms with Crippen LogP contribution in [0.2, 0.25) is 0 Å². The van der Waals surface area contributed by atoms with E-state index in [0.29, 0.717) is 0 Å². The minimum atomic E-state index is -1.16. The number of hydrogen-bond donors (Lipinski definition) is 1. The Kier molecular flexibility index (Phi) is 4.12. The van der Waals surface area contributed by atoms with Crippen molar-refractivity contribution in [3.8, 4) is 0 Å². The molecule has 2 atom stereocenters. The maximum Gasteiger partial charge on any atom is 0.313 e. The second kappa shape index (κ2) is 5.58. The van der Waals surface area contributed by atoms with Gasteiger partial charge in [0.1, 0.15) is 6.04 Å². The number of aliphatic carboxylic acids is 1. The zero-order valence-corrected chi connectivity index (χ0v) is 8.52. The van der Waals surface area contributed by atoms with E-state index in [2.05, 4.69) is 16.6 Å². The molecule has 0 radical (unpaired) electrons. The fraction of sp³-hybridized carbons (Fsp3) is 0.182. The van der Waals surface area contributed by atoms with Gasteiger partial charge < -0.3 is 5.11 Å². The van der Waals surface area contributed by atoms with Gasteiger partial charge in [0.15, 0.2) is 0 Å². The summed E-state index contributed by atoms with van der Waals surface area (Å²) in [6, 6.07) is 7.80. The summed E-state index contributed by atoms with van der Waals surface area (Å²) >= 11 is 0. The number of carboxylic acids is 1. The molecule has 1 aromatic rings. The van der Waals surface area contributed by atoms with Gasteiger partial charge in [-0.05, 0) is 11.1 Å². The molecule has 82 valence electrons. The molecule has 0 aliphatic carbocycles. The summed E-state index contributed by atoms with van der Waals surface area (Å²) in [4.78, 5) is 13.5. The van der Waals surface area contributed by atoms with Gasteiger partial charge in [-0.25, -0.2) is 0 Å². The lowest BCUT2D eigenvalue weighted by atomic mass is 9.92. The van der Waals surface area contributed by atoms with Crippen LogP contribution in [-0.2, 0) is 4.79 Å². The normalized spacial score (nSPS) is 13.2. The molecule has 0 aliphatic heterocycles. The first-order valence-corrected chi connectivity index (χ1v) is 4.65. The van der Waals surface area contributed by atoms with E-state index in [1.54, 1.807) is 24.3 Å². The van der Waals surface area contributed by atoms with E-state index in [1.807, 2.05) is 6.07 Å². The first-order chi connectivity index (χ1) is 7.70. The average molecular weight is 217 g/mol. The molecule has 5 heteroatoms. The standard InChI is InChI=1S/C11H11N3O2/c1-2-9(8-6-4-3-5-7-8)10(11(15)16)13-14-12/h2-7,9-10H,1H2,(H,15,16). The van der Waals surface area contributed by atoms with E-state index in [1.165, 1.54) is 6.08 Å². The highest BCUT2D eigenvalue weighted by Crippen LogP contribution is 2.23. The molecule has 1 aromatic carbocycles. The number of carbonyl (C=O) groups is 1. The van der Waals surface area contributed by atoms with Crippen molar-refractivity contribution in [1.82, 2.24) is 0 Å². The Morgan fingerprint density at radius 3 is 2.56 bits per heavy atom. The molecule has 0 aromatic heterocycles. The monoisotopic (exact) mass is 217 g/mol. The van der Waals surface area contributed by atoms with Crippen LogP contribution in [0.15, 0.2) is 48.1 Å². The molecule has 0 spiro atoms. The summed E-state index contributed by atoms with van der Waals surface area (Å²) in [6.45, 7) is 3.58. The smallest absolute Gasteiger partial charge is 0.313 e. The predicted octanol–water partition coefficient (Wildman–Crippen LogP) is 2.72. The molecular formula is C11H11N3O2. The second-order valence-electron chi connectivity index (χ2n) is 3.16. The van der Waals surface area contributed by atoms with Crippen LogP contribution < -0.4 is 0 Å². The lowest BCUT2D eigenvalue weighted by Crippen LogP contribution is -2.24. The zero-order chi connectivity index (χ0) is 12.0. The summed E-state index contributed by atoms with van der Waals surface area (Å²) in [5.74, 6) is -1.68. The van der Waals surface area contributed by atoms with E-state index in [0.717, 1.165) is 5.56 Å². The Balaban J connectivity index is 3.09. The van der Waals surface area contributed by atoms with Crippen molar-refractivity contribution in [2.24, 2.45) is 5.11 Å². The van der Waals surface area contributed by atoms with Crippen LogP contribution in [0, 0.1) is 0 Å². The third-order valence-electron chi connectivity index (χ3n) is 2.21. The lowest BCUT2D eigenvalue weighted by molar-refractivity contribution is -0.138. The van der Waals surface area contributed by atoms with Crippen molar-refractivity contribution in [2.75, 3.05) is 0 Å². The van der Waals surface area contributed by atoms with E-state index in [-0.39, 0.29) is 0 Å². The third-order valence-corrected chi connectivity index (χ3v) is 2.21. The predicted molar refractivity (Wildman–Crippen MR) is 59.9 cm³/mol. The van der Waals surface area contributed by atoms with Gasteiger partial charge in [0.25, 0.3) is 0 Å². The SMILES string of the molecule is C=CC(c1ccccc1)C(N=[N+]=[N-])C(=O)O. The van der Waals surface area contributed by atoms with Crippen molar-refractivity contribution >= 4 is 5.97 Å². The van der Waals surface area contributed by atoms with E-state index in [9.17, 15) is 4.79 Å². The molecular weight excluding hydrogens is 206 g/mol. The Morgan fingerprint density at radius 1 is 1.50 bits per heavy atom. The summed E-state index contributed by atoms with van der Waals surface area (Å²) in [5.41, 5.74) is 9.10. The van der Waals surface area contributed by atoms with Crippen molar-refractivity contribution in [3.05, 3.63) is 59.0 Å². The maximum absolute atomic E-state index is 11.0. The highest BCUT2D eigenvalue weighted by atomic mass is 16.4. The summed E-state index contributed by atoms with van der Waals surface area (Å²) in [7, 11) is 0. The van der Waals surface area contributed by atoms with E-state index < -0.39 is 17.9 Å². The van der Waals surface area contributed by atoms with E-state index >= 15 is 0 Å². The highest BCUT2D eigenvalue weighted by Gasteiger charge is 2.25. The summed E-state index contributed by atoms with van der Waals surface area (Å²) in [5, 5.41) is 12.2. The van der Waals surface area contributed by atoms with E-state index in [4.69, 9.17) is 10.6 Å². The Labute approximate surface area is 92.7 Å². The zero-order valence-electron chi connectivity index (χ0n) is 8.52. The largest absolute Gasteiger partial charge is 0.481 e. The average Bonchev–Trinajstić information content (AvgIpc) is 2.30. The fourth-order valence-corrected chi connectivity index (χ4v) is 1.45. The van der Waals surface area contributed by atoms with Gasteiger partial charge in [-0.2, -0.15) is 0 Å².